The van der Waals surface area contributed by atoms with Gasteiger partial charge in [0, 0.05) is 0 Å². The second-order valence-electron chi connectivity index (χ2n) is 0.435. The van der Waals surface area contributed by atoms with Gasteiger partial charge in [-0.05, 0) is 0 Å². The first-order valence-electron chi connectivity index (χ1n) is 1.03. The van der Waals surface area contributed by atoms with E-state index in [1.54, 1.807) is 0 Å². The maximum Gasteiger partial charge on any atom is 1.00 e. The summed E-state index contributed by atoms with van der Waals surface area (Å²) in [5.41, 5.74) is 0. The van der Waals surface area contributed by atoms with Crippen molar-refractivity contribution in [2.24, 2.45) is 0 Å². The summed E-state index contributed by atoms with van der Waals surface area (Å²) < 4.78 is 49.0. The molecule has 0 bridgehead atoms. The average Bonchev–Trinajstić information content (AvgIpc) is 1.25. The Bertz CT molecular complexity index is 71.7. The van der Waals surface area contributed by atoms with Crippen molar-refractivity contribution in [3.05, 3.63) is 0 Å². The zero-order valence-electron chi connectivity index (χ0n) is 5.34. The van der Waals surface area contributed by atoms with Gasteiger partial charge in [0.15, 0.2) is 0 Å². The first kappa shape index (κ1) is 23.1. The van der Waals surface area contributed by atoms with E-state index in [9.17, 15) is 0 Å². The molecule has 0 atom stereocenters. The minimum absolute atomic E-state index is 0. The normalized spacial score (nSPS) is 7.00. The topological polar surface area (TPSA) is 121 Å². The third-order valence-corrected chi connectivity index (χ3v) is 0. The van der Waals surface area contributed by atoms with Crippen molar-refractivity contribution in [2.75, 3.05) is 0 Å². The molecular formula is H2Na2O6Te2. The van der Waals surface area contributed by atoms with Gasteiger partial charge in [0.25, 0.3) is 0 Å². The van der Waals surface area contributed by atoms with E-state index in [1.165, 1.54) is 0 Å². The molecule has 0 aromatic heterocycles. The van der Waals surface area contributed by atoms with E-state index in [0.29, 0.717) is 0 Å². The molecule has 0 unspecified atom stereocenters. The predicted molar refractivity (Wildman–Crippen MR) is 17.3 cm³/mol. The molecule has 0 saturated heterocycles. The summed E-state index contributed by atoms with van der Waals surface area (Å²) in [5.74, 6) is 0. The van der Waals surface area contributed by atoms with Crippen LogP contribution in [0.4, 0.5) is 0 Å². The summed E-state index contributed by atoms with van der Waals surface area (Å²) in [6.45, 7) is 0. The Kier molecular flexibility index (Phi) is 41.5. The van der Waals surface area contributed by atoms with Crippen molar-refractivity contribution in [3.8, 4) is 0 Å². The fraction of sp³-hybridized carbons (Fsp3) is 0. The molecule has 0 aliphatic heterocycles. The van der Waals surface area contributed by atoms with Crippen molar-refractivity contribution in [2.45, 2.75) is 0 Å². The van der Waals surface area contributed by atoms with Crippen LogP contribution in [0.5, 0.6) is 0 Å². The molecule has 0 amide bonds. The Morgan fingerprint density at radius 2 is 1.00 bits per heavy atom. The molecule has 0 spiro atoms. The van der Waals surface area contributed by atoms with Crippen molar-refractivity contribution < 1.29 is 79.2 Å². The van der Waals surface area contributed by atoms with Crippen LogP contribution in [0, 0.1) is 0 Å². The summed E-state index contributed by atoms with van der Waals surface area (Å²) >= 11 is -7.71. The zero-order valence-corrected chi connectivity index (χ0v) is 14.0. The summed E-state index contributed by atoms with van der Waals surface area (Å²) in [6, 6.07) is 0. The van der Waals surface area contributed by atoms with Gasteiger partial charge in [-0.1, -0.05) is 0 Å². The molecule has 0 aromatic carbocycles. The summed E-state index contributed by atoms with van der Waals surface area (Å²) in [7, 11) is 0. The summed E-state index contributed by atoms with van der Waals surface area (Å²) in [4.78, 5) is 0. The van der Waals surface area contributed by atoms with Gasteiger partial charge in [0.1, 0.15) is 0 Å². The zero-order chi connectivity index (χ0) is 7.15. The molecule has 6 nitrogen and oxygen atoms in total. The molecule has 0 aliphatic carbocycles. The third kappa shape index (κ3) is 121. The molecule has 10 heavy (non-hydrogen) atoms. The van der Waals surface area contributed by atoms with Crippen LogP contribution in [0.1, 0.15) is 0 Å². The molecule has 0 heterocycles. The number of hydrogen-bond acceptors (Lipinski definition) is 4. The van der Waals surface area contributed by atoms with Crippen LogP contribution in [0.15, 0.2) is 0 Å². The van der Waals surface area contributed by atoms with E-state index in [0.717, 1.165) is 0 Å². The summed E-state index contributed by atoms with van der Waals surface area (Å²) in [5, 5.41) is 0. The van der Waals surface area contributed by atoms with Gasteiger partial charge in [0.2, 0.25) is 0 Å². The van der Waals surface area contributed by atoms with E-state index < -0.39 is 40.7 Å². The molecule has 0 aromatic rings. The standard InChI is InChI=1S/2Na.2H2O3Te/c;;2*1-4(2)3/h;;2*(H2,1,2,3)/q2*+1;;/p-2. The second-order valence-corrected chi connectivity index (χ2v) is 2.92. The fourth-order valence-electron chi connectivity index (χ4n) is 0. The van der Waals surface area contributed by atoms with Crippen molar-refractivity contribution in [1.29, 1.82) is 0 Å². The Balaban J connectivity index is -0.0000000300. The molecule has 10 heteroatoms. The quantitative estimate of drug-likeness (QED) is 0.391. The summed E-state index contributed by atoms with van der Waals surface area (Å²) in [6.07, 6.45) is 0. The maximum atomic E-state index is 8.81. The molecule has 0 aliphatic rings. The average molecular weight is 399 g/mol. The van der Waals surface area contributed by atoms with Crippen molar-refractivity contribution in [3.63, 3.8) is 0 Å². The van der Waals surface area contributed by atoms with Crippen molar-refractivity contribution in [1.82, 2.24) is 0 Å². The van der Waals surface area contributed by atoms with Gasteiger partial charge in [-0.3, -0.25) is 0 Å². The molecule has 0 rings (SSSR count). The van der Waals surface area contributed by atoms with Gasteiger partial charge in [0.05, 0.1) is 0 Å². The van der Waals surface area contributed by atoms with E-state index in [2.05, 4.69) is 0 Å². The van der Waals surface area contributed by atoms with Crippen LogP contribution in [0.3, 0.4) is 0 Å². The fourth-order valence-corrected chi connectivity index (χ4v) is 0. The molecule has 0 fully saturated rings. The van der Waals surface area contributed by atoms with Crippen LogP contribution < -0.4 is 66.1 Å². The van der Waals surface area contributed by atoms with Crippen molar-refractivity contribution >= 4 is 40.7 Å². The molecule has 0 saturated carbocycles. The van der Waals surface area contributed by atoms with Crippen LogP contribution in [-0.2, 0) is 6.21 Å². The van der Waals surface area contributed by atoms with E-state index in [4.69, 9.17) is 20.1 Å². The molecule has 0 radical (unpaired) electrons. The molecular weight excluding hydrogens is 397 g/mol. The largest absolute Gasteiger partial charge is 1.00 e. The van der Waals surface area contributed by atoms with Crippen LogP contribution in [-0.4, -0.2) is 47.7 Å². The third-order valence-electron chi connectivity index (χ3n) is 0. The minimum atomic E-state index is -4.11. The van der Waals surface area contributed by atoms with Gasteiger partial charge < -0.3 is 0 Å². The minimum Gasteiger partial charge on any atom is 1.00 e. The Morgan fingerprint density at radius 1 is 1.00 bits per heavy atom. The number of hydrogen-bond donors (Lipinski definition) is 2. The monoisotopic (exact) mass is 404 g/mol. The van der Waals surface area contributed by atoms with Gasteiger partial charge in [-0.15, -0.1) is 0 Å². The molecule has 2 N–H and O–H groups in total. The molecule has 52 valence electrons. The first-order chi connectivity index (χ1) is 3.46. The van der Waals surface area contributed by atoms with Crippen LogP contribution >= 0.6 is 0 Å². The van der Waals surface area contributed by atoms with E-state index in [1.807, 2.05) is 0 Å². The van der Waals surface area contributed by atoms with Crippen LogP contribution in [0.25, 0.3) is 0 Å². The number of rotatable bonds is 0. The maximum absolute atomic E-state index is 8.81. The smallest absolute Gasteiger partial charge is 1.00 e. The van der Waals surface area contributed by atoms with E-state index >= 15 is 0 Å². The SMILES string of the molecule is O=[Te](O)O.O=[Te]([O-])[O-].[Na+].[Na+]. The Labute approximate surface area is 117 Å². The van der Waals surface area contributed by atoms with Gasteiger partial charge in [-0.2, -0.15) is 0 Å². The predicted octanol–water partition coefficient (Wildman–Crippen LogP) is -10.5. The van der Waals surface area contributed by atoms with E-state index in [-0.39, 0.29) is 59.1 Å². The van der Waals surface area contributed by atoms with Gasteiger partial charge in [-0.25, -0.2) is 0 Å². The van der Waals surface area contributed by atoms with Crippen LogP contribution in [0.2, 0.25) is 0 Å². The first-order valence-corrected chi connectivity index (χ1v) is 6.92. The Hall–Kier alpha value is 3.02. The van der Waals surface area contributed by atoms with Gasteiger partial charge >= 0.3 is 120 Å². The second kappa shape index (κ2) is 17.9. The Morgan fingerprint density at radius 3 is 1.00 bits per heavy atom.